The average molecular weight is 279 g/mol. The van der Waals surface area contributed by atoms with Crippen LogP contribution in [0.1, 0.15) is 33.2 Å². The van der Waals surface area contributed by atoms with Gasteiger partial charge in [0.25, 0.3) is 0 Å². The number of alkyl halides is 1. The summed E-state index contributed by atoms with van der Waals surface area (Å²) in [5, 5.41) is 0.584. The molecule has 0 amide bonds. The van der Waals surface area contributed by atoms with Crippen molar-refractivity contribution in [2.75, 3.05) is 0 Å². The van der Waals surface area contributed by atoms with E-state index in [1.165, 1.54) is 11.1 Å². The molecule has 0 fully saturated rings. The van der Waals surface area contributed by atoms with Crippen LogP contribution in [0.5, 0.6) is 0 Å². The van der Waals surface area contributed by atoms with Crippen molar-refractivity contribution in [2.24, 2.45) is 0 Å². The molecule has 0 saturated heterocycles. The molecule has 0 aliphatic rings. The first-order valence-corrected chi connectivity index (χ1v) is 6.77. The van der Waals surface area contributed by atoms with Crippen molar-refractivity contribution in [3.05, 3.63) is 69.2 Å². The zero-order chi connectivity index (χ0) is 13.3. The van der Waals surface area contributed by atoms with Crippen LogP contribution in [0.2, 0.25) is 5.02 Å². The normalized spacial score (nSPS) is 12.5. The van der Waals surface area contributed by atoms with Crippen LogP contribution in [-0.4, -0.2) is 0 Å². The summed E-state index contributed by atoms with van der Waals surface area (Å²) in [6.07, 6.45) is 0. The number of benzene rings is 2. The first-order chi connectivity index (χ1) is 8.47. The summed E-state index contributed by atoms with van der Waals surface area (Å²) in [7, 11) is 0. The van der Waals surface area contributed by atoms with E-state index in [2.05, 4.69) is 38.1 Å². The van der Waals surface area contributed by atoms with Gasteiger partial charge in [0.1, 0.15) is 0 Å². The van der Waals surface area contributed by atoms with E-state index in [9.17, 15) is 0 Å². The highest BCUT2D eigenvalue weighted by Crippen LogP contribution is 2.32. The molecule has 18 heavy (non-hydrogen) atoms. The minimum Gasteiger partial charge on any atom is -0.113 e. The van der Waals surface area contributed by atoms with Gasteiger partial charge < -0.3 is 0 Å². The lowest BCUT2D eigenvalue weighted by Gasteiger charge is -2.13. The molecule has 2 aromatic carbocycles. The second kappa shape index (κ2) is 5.34. The summed E-state index contributed by atoms with van der Waals surface area (Å²) in [6.45, 7) is 6.23. The first kappa shape index (κ1) is 13.5. The van der Waals surface area contributed by atoms with Crippen LogP contribution in [-0.2, 0) is 0 Å². The van der Waals surface area contributed by atoms with Gasteiger partial charge in [-0.15, -0.1) is 11.6 Å². The van der Waals surface area contributed by atoms with E-state index in [4.69, 9.17) is 23.2 Å². The molecule has 0 nitrogen and oxygen atoms in total. The van der Waals surface area contributed by atoms with Crippen molar-refractivity contribution < 1.29 is 0 Å². The maximum absolute atomic E-state index is 6.54. The van der Waals surface area contributed by atoms with Gasteiger partial charge in [0.15, 0.2) is 0 Å². The lowest BCUT2D eigenvalue weighted by molar-refractivity contribution is 1.12. The lowest BCUT2D eigenvalue weighted by atomic mass is 9.99. The van der Waals surface area contributed by atoms with Crippen molar-refractivity contribution in [2.45, 2.75) is 26.1 Å². The molecule has 0 heterocycles. The van der Waals surface area contributed by atoms with Crippen molar-refractivity contribution in [3.63, 3.8) is 0 Å². The van der Waals surface area contributed by atoms with Crippen LogP contribution < -0.4 is 0 Å². The number of halogens is 2. The summed E-state index contributed by atoms with van der Waals surface area (Å²) in [4.78, 5) is 0. The van der Waals surface area contributed by atoms with Crippen LogP contribution >= 0.6 is 23.2 Å². The van der Waals surface area contributed by atoms with Gasteiger partial charge in [-0.05, 0) is 60.7 Å². The van der Waals surface area contributed by atoms with Gasteiger partial charge in [0.05, 0.1) is 5.38 Å². The van der Waals surface area contributed by atoms with Crippen LogP contribution in [0.3, 0.4) is 0 Å². The topological polar surface area (TPSA) is 0 Å². The largest absolute Gasteiger partial charge is 0.113 e. The Bertz CT molecular complexity index is 553. The second-order valence-electron chi connectivity index (χ2n) is 4.77. The Hall–Kier alpha value is -0.980. The highest BCUT2D eigenvalue weighted by atomic mass is 35.5. The Morgan fingerprint density at radius 3 is 2.17 bits per heavy atom. The molecule has 0 bridgehead atoms. The SMILES string of the molecule is Cc1cc(Cl)cc(C(Cl)c2ccc(C)c(C)c2)c1. The third-order valence-corrected chi connectivity index (χ3v) is 3.90. The predicted molar refractivity (Wildman–Crippen MR) is 79.8 cm³/mol. The molecule has 0 spiro atoms. The van der Waals surface area contributed by atoms with Gasteiger partial charge in [-0.2, -0.15) is 0 Å². The van der Waals surface area contributed by atoms with E-state index in [0.717, 1.165) is 21.7 Å². The molecule has 0 N–H and O–H groups in total. The zero-order valence-electron chi connectivity index (χ0n) is 10.8. The third kappa shape index (κ3) is 2.88. The van der Waals surface area contributed by atoms with E-state index >= 15 is 0 Å². The monoisotopic (exact) mass is 278 g/mol. The molecule has 1 atom stereocenters. The maximum atomic E-state index is 6.54. The Balaban J connectivity index is 2.40. The summed E-state index contributed by atoms with van der Waals surface area (Å²) in [5.41, 5.74) is 5.83. The first-order valence-electron chi connectivity index (χ1n) is 5.95. The van der Waals surface area contributed by atoms with Crippen LogP contribution in [0.4, 0.5) is 0 Å². The van der Waals surface area contributed by atoms with E-state index in [-0.39, 0.29) is 5.38 Å². The summed E-state index contributed by atoms with van der Waals surface area (Å²) >= 11 is 12.6. The standard InChI is InChI=1S/C16H16Cl2/c1-10-6-14(9-15(17)7-10)16(18)13-5-4-11(2)12(3)8-13/h4-9,16H,1-3H3. The number of aryl methyl sites for hydroxylation is 3. The molecule has 2 aromatic rings. The minimum absolute atomic E-state index is 0.151. The zero-order valence-corrected chi connectivity index (χ0v) is 12.3. The lowest BCUT2D eigenvalue weighted by Crippen LogP contribution is -1.95. The molecule has 94 valence electrons. The van der Waals surface area contributed by atoms with Crippen molar-refractivity contribution in [1.82, 2.24) is 0 Å². The van der Waals surface area contributed by atoms with Crippen molar-refractivity contribution in [1.29, 1.82) is 0 Å². The van der Waals surface area contributed by atoms with Crippen molar-refractivity contribution >= 4 is 23.2 Å². The van der Waals surface area contributed by atoms with E-state index in [1.54, 1.807) is 0 Å². The summed E-state index contributed by atoms with van der Waals surface area (Å²) in [5.74, 6) is 0. The third-order valence-electron chi connectivity index (χ3n) is 3.18. The fourth-order valence-electron chi connectivity index (χ4n) is 2.03. The summed E-state index contributed by atoms with van der Waals surface area (Å²) < 4.78 is 0. The molecule has 0 radical (unpaired) electrons. The molecule has 0 aromatic heterocycles. The van der Waals surface area contributed by atoms with Crippen LogP contribution in [0.25, 0.3) is 0 Å². The Labute approximate surface area is 119 Å². The van der Waals surface area contributed by atoms with Gasteiger partial charge in [0, 0.05) is 5.02 Å². The van der Waals surface area contributed by atoms with Crippen molar-refractivity contribution in [3.8, 4) is 0 Å². The van der Waals surface area contributed by atoms with Crippen LogP contribution in [0, 0.1) is 20.8 Å². The fraction of sp³-hybridized carbons (Fsp3) is 0.250. The molecule has 0 saturated carbocycles. The molecule has 0 aliphatic heterocycles. The highest BCUT2D eigenvalue weighted by molar-refractivity contribution is 6.31. The molecule has 2 rings (SSSR count). The quantitative estimate of drug-likeness (QED) is 0.628. The van der Waals surface area contributed by atoms with Gasteiger partial charge in [0.2, 0.25) is 0 Å². The Morgan fingerprint density at radius 1 is 0.833 bits per heavy atom. The van der Waals surface area contributed by atoms with E-state index < -0.39 is 0 Å². The van der Waals surface area contributed by atoms with Crippen LogP contribution in [0.15, 0.2) is 36.4 Å². The molecule has 0 aliphatic carbocycles. The van der Waals surface area contributed by atoms with E-state index in [1.807, 2.05) is 19.1 Å². The average Bonchev–Trinajstić information content (AvgIpc) is 2.30. The smallest absolute Gasteiger partial charge is 0.0836 e. The maximum Gasteiger partial charge on any atom is 0.0836 e. The number of hydrogen-bond donors (Lipinski definition) is 0. The number of rotatable bonds is 2. The second-order valence-corrected chi connectivity index (χ2v) is 5.64. The fourth-order valence-corrected chi connectivity index (χ4v) is 2.59. The van der Waals surface area contributed by atoms with Gasteiger partial charge >= 0.3 is 0 Å². The van der Waals surface area contributed by atoms with Gasteiger partial charge in [-0.25, -0.2) is 0 Å². The number of hydrogen-bond acceptors (Lipinski definition) is 0. The Kier molecular flexibility index (Phi) is 3.99. The summed E-state index contributed by atoms with van der Waals surface area (Å²) in [6, 6.07) is 12.3. The molecular formula is C16H16Cl2. The minimum atomic E-state index is -0.151. The molecular weight excluding hydrogens is 263 g/mol. The van der Waals surface area contributed by atoms with E-state index in [0.29, 0.717) is 0 Å². The predicted octanol–water partition coefficient (Wildman–Crippen LogP) is 5.59. The van der Waals surface area contributed by atoms with Gasteiger partial charge in [-0.1, -0.05) is 35.9 Å². The Morgan fingerprint density at radius 2 is 1.56 bits per heavy atom. The molecule has 1 unspecified atom stereocenters. The molecule has 2 heteroatoms. The highest BCUT2D eigenvalue weighted by Gasteiger charge is 2.12. The van der Waals surface area contributed by atoms with Gasteiger partial charge in [-0.3, -0.25) is 0 Å².